The van der Waals surface area contributed by atoms with Gasteiger partial charge in [0.1, 0.15) is 5.75 Å². The third-order valence-electron chi connectivity index (χ3n) is 8.55. The third kappa shape index (κ3) is 4.62. The summed E-state index contributed by atoms with van der Waals surface area (Å²) in [6.45, 7) is 6.53. The van der Waals surface area contributed by atoms with E-state index in [2.05, 4.69) is 12.2 Å². The van der Waals surface area contributed by atoms with Gasteiger partial charge in [-0.1, -0.05) is 26.0 Å². The number of rotatable bonds is 7. The molecule has 2 bridgehead atoms. The SMILES string of the molecule is COc1ccc(CNC(=O)CCC(=O)O[C@@H]2O[C@@H]3O[C@@]4(C)CC[C@H]5[C@H](C)CC[C@@H]([C@H]2C)[C@]35OO4)cc1. The molecule has 0 unspecified atom stereocenters. The molecule has 5 fully saturated rings. The van der Waals surface area contributed by atoms with Crippen molar-refractivity contribution in [3.8, 4) is 5.75 Å². The molecule has 1 aliphatic carbocycles. The maximum atomic E-state index is 12.7. The number of carbonyl (C=O) groups excluding carboxylic acids is 2. The maximum absolute atomic E-state index is 12.7. The predicted molar refractivity (Wildman–Crippen MR) is 127 cm³/mol. The Kier molecular flexibility index (Phi) is 7.02. The molecule has 8 atom stereocenters. The van der Waals surface area contributed by atoms with Crippen molar-refractivity contribution in [2.24, 2.45) is 23.7 Å². The van der Waals surface area contributed by atoms with Crippen molar-refractivity contribution in [1.29, 1.82) is 0 Å². The molecule has 1 N–H and O–H groups in total. The fourth-order valence-corrected chi connectivity index (χ4v) is 6.44. The van der Waals surface area contributed by atoms with Crippen molar-refractivity contribution in [2.75, 3.05) is 7.11 Å². The van der Waals surface area contributed by atoms with E-state index >= 15 is 0 Å². The Balaban J connectivity index is 1.17. The summed E-state index contributed by atoms with van der Waals surface area (Å²) in [6.07, 6.45) is 2.24. The largest absolute Gasteiger partial charge is 0.497 e. The number of hydrogen-bond donors (Lipinski definition) is 1. The monoisotopic (exact) mass is 503 g/mol. The van der Waals surface area contributed by atoms with Crippen molar-refractivity contribution in [3.63, 3.8) is 0 Å². The fraction of sp³-hybridized carbons (Fsp3) is 0.704. The number of ether oxygens (including phenoxy) is 4. The molecule has 4 heterocycles. The van der Waals surface area contributed by atoms with Crippen LogP contribution < -0.4 is 10.1 Å². The van der Waals surface area contributed by atoms with Gasteiger partial charge in [0, 0.05) is 31.2 Å². The summed E-state index contributed by atoms with van der Waals surface area (Å²) in [4.78, 5) is 36.9. The summed E-state index contributed by atoms with van der Waals surface area (Å²) in [7, 11) is 1.61. The summed E-state index contributed by atoms with van der Waals surface area (Å²) in [5, 5.41) is 2.83. The average molecular weight is 504 g/mol. The van der Waals surface area contributed by atoms with Gasteiger partial charge >= 0.3 is 5.97 Å². The standard InChI is InChI=1S/C27H37NO8/c1-16-5-10-21-17(2)24(33-25-27(21)20(16)13-14-26(3,34-25)35-36-27)32-23(30)12-11-22(29)28-15-18-6-8-19(31-4)9-7-18/h6-9,16-17,20-21,24-25H,5,10-15H2,1-4H3,(H,28,29)/t16-,17-,20+,21+,24-,25-,26-,27+/m1/s1. The van der Waals surface area contributed by atoms with E-state index in [-0.39, 0.29) is 36.5 Å². The third-order valence-corrected chi connectivity index (χ3v) is 8.55. The zero-order chi connectivity index (χ0) is 25.5. The lowest BCUT2D eigenvalue weighted by atomic mass is 9.58. The van der Waals surface area contributed by atoms with E-state index in [0.29, 0.717) is 12.5 Å². The molecule has 1 spiro atoms. The van der Waals surface area contributed by atoms with E-state index in [9.17, 15) is 9.59 Å². The van der Waals surface area contributed by atoms with Crippen molar-refractivity contribution in [3.05, 3.63) is 29.8 Å². The number of hydrogen-bond acceptors (Lipinski definition) is 8. The molecule has 4 saturated heterocycles. The summed E-state index contributed by atoms with van der Waals surface area (Å²) in [5.74, 6) is -0.122. The van der Waals surface area contributed by atoms with Crippen LogP contribution in [0.1, 0.15) is 64.9 Å². The van der Waals surface area contributed by atoms with Crippen LogP contribution in [-0.4, -0.2) is 43.0 Å². The van der Waals surface area contributed by atoms with Crippen LogP contribution in [0.3, 0.4) is 0 Å². The lowest BCUT2D eigenvalue weighted by molar-refractivity contribution is -0.576. The molecule has 198 valence electrons. The number of esters is 1. The van der Waals surface area contributed by atoms with Crippen LogP contribution >= 0.6 is 0 Å². The van der Waals surface area contributed by atoms with Gasteiger partial charge in [0.15, 0.2) is 11.9 Å². The van der Waals surface area contributed by atoms with Crippen molar-refractivity contribution in [2.45, 2.75) is 89.8 Å². The van der Waals surface area contributed by atoms with Crippen LogP contribution in [0, 0.1) is 23.7 Å². The summed E-state index contributed by atoms with van der Waals surface area (Å²) in [5.41, 5.74) is 0.250. The molecule has 4 aliphatic heterocycles. The molecule has 6 rings (SSSR count). The van der Waals surface area contributed by atoms with Crippen LogP contribution in [0.5, 0.6) is 5.75 Å². The van der Waals surface area contributed by atoms with Gasteiger partial charge in [0.25, 0.3) is 0 Å². The molecule has 0 aromatic heterocycles. The normalized spacial score (nSPS) is 39.0. The van der Waals surface area contributed by atoms with Crippen LogP contribution in [-0.2, 0) is 40.1 Å². The van der Waals surface area contributed by atoms with E-state index in [1.807, 2.05) is 38.1 Å². The topological polar surface area (TPSA) is 102 Å². The van der Waals surface area contributed by atoms with Crippen molar-refractivity contribution in [1.82, 2.24) is 5.32 Å². The number of fused-ring (bicyclic) bond motifs is 2. The zero-order valence-corrected chi connectivity index (χ0v) is 21.5. The van der Waals surface area contributed by atoms with Gasteiger partial charge < -0.3 is 24.3 Å². The Bertz CT molecular complexity index is 969. The molecule has 1 aromatic carbocycles. The highest BCUT2D eigenvalue weighted by Crippen LogP contribution is 2.60. The van der Waals surface area contributed by atoms with Crippen LogP contribution in [0.4, 0.5) is 0 Å². The quantitative estimate of drug-likeness (QED) is 0.442. The van der Waals surface area contributed by atoms with Crippen LogP contribution in [0.2, 0.25) is 0 Å². The highest BCUT2D eigenvalue weighted by molar-refractivity contribution is 5.81. The zero-order valence-electron chi connectivity index (χ0n) is 21.5. The van der Waals surface area contributed by atoms with E-state index in [0.717, 1.165) is 37.0 Å². The van der Waals surface area contributed by atoms with Gasteiger partial charge in [0.2, 0.25) is 18.0 Å². The second-order valence-electron chi connectivity index (χ2n) is 10.9. The second kappa shape index (κ2) is 9.93. The van der Waals surface area contributed by atoms with Gasteiger partial charge in [-0.05, 0) is 55.7 Å². The summed E-state index contributed by atoms with van der Waals surface area (Å²) >= 11 is 0. The minimum Gasteiger partial charge on any atom is -0.497 e. The van der Waals surface area contributed by atoms with Gasteiger partial charge in [-0.25, -0.2) is 9.78 Å². The van der Waals surface area contributed by atoms with Gasteiger partial charge in [-0.15, -0.1) is 0 Å². The van der Waals surface area contributed by atoms with Crippen molar-refractivity contribution >= 4 is 11.9 Å². The Morgan fingerprint density at radius 3 is 2.58 bits per heavy atom. The Morgan fingerprint density at radius 2 is 1.83 bits per heavy atom. The van der Waals surface area contributed by atoms with E-state index in [1.54, 1.807) is 7.11 Å². The number of amides is 1. The van der Waals surface area contributed by atoms with E-state index in [1.165, 1.54) is 0 Å². The molecular weight excluding hydrogens is 466 g/mol. The predicted octanol–water partition coefficient (Wildman–Crippen LogP) is 3.84. The van der Waals surface area contributed by atoms with Crippen LogP contribution in [0.15, 0.2) is 24.3 Å². The van der Waals surface area contributed by atoms with Crippen molar-refractivity contribution < 1.29 is 38.3 Å². The van der Waals surface area contributed by atoms with Gasteiger partial charge in [0.05, 0.1) is 13.5 Å². The Labute approximate surface area is 212 Å². The van der Waals surface area contributed by atoms with E-state index < -0.39 is 29.9 Å². The minimum atomic E-state index is -0.880. The molecule has 5 aliphatic rings. The maximum Gasteiger partial charge on any atom is 0.308 e. The van der Waals surface area contributed by atoms with Crippen LogP contribution in [0.25, 0.3) is 0 Å². The first kappa shape index (κ1) is 25.4. The first-order chi connectivity index (χ1) is 17.2. The lowest BCUT2D eigenvalue weighted by Gasteiger charge is -2.59. The smallest absolute Gasteiger partial charge is 0.308 e. The molecular formula is C27H37NO8. The fourth-order valence-electron chi connectivity index (χ4n) is 6.44. The summed E-state index contributed by atoms with van der Waals surface area (Å²) < 4.78 is 23.5. The summed E-state index contributed by atoms with van der Waals surface area (Å²) in [6, 6.07) is 7.45. The molecule has 9 heteroatoms. The molecule has 36 heavy (non-hydrogen) atoms. The van der Waals surface area contributed by atoms with Gasteiger partial charge in [-0.2, -0.15) is 0 Å². The second-order valence-corrected chi connectivity index (χ2v) is 10.9. The highest BCUT2D eigenvalue weighted by atomic mass is 17.3. The first-order valence-electron chi connectivity index (χ1n) is 13.0. The molecule has 1 saturated carbocycles. The molecule has 1 aromatic rings. The average Bonchev–Trinajstić information content (AvgIpc) is 3.10. The number of nitrogens with one attached hydrogen (secondary N) is 1. The molecule has 1 amide bonds. The number of carbonyl (C=O) groups is 2. The van der Waals surface area contributed by atoms with Gasteiger partial charge in [-0.3, -0.25) is 9.59 Å². The number of methoxy groups -OCH3 is 1. The highest BCUT2D eigenvalue weighted by Gasteiger charge is 2.69. The Morgan fingerprint density at radius 1 is 1.06 bits per heavy atom. The minimum absolute atomic E-state index is 0.0284. The first-order valence-corrected chi connectivity index (χ1v) is 13.0. The lowest BCUT2D eigenvalue weighted by Crippen LogP contribution is -2.70. The molecule has 0 radical (unpaired) electrons. The Hall–Kier alpha value is -2.20. The number of benzene rings is 1. The molecule has 9 nitrogen and oxygen atoms in total. The van der Waals surface area contributed by atoms with E-state index in [4.69, 9.17) is 28.7 Å².